The van der Waals surface area contributed by atoms with E-state index >= 15 is 0 Å². The van der Waals surface area contributed by atoms with Gasteiger partial charge in [-0.05, 0) is 65.2 Å². The molecule has 1 aromatic carbocycles. The number of sulfonamides is 1. The summed E-state index contributed by atoms with van der Waals surface area (Å²) in [7, 11) is -3.39. The Balaban J connectivity index is 1.95. The highest BCUT2D eigenvalue weighted by molar-refractivity contribution is 9.11. The third-order valence-electron chi connectivity index (χ3n) is 4.52. The zero-order chi connectivity index (χ0) is 14.5. The lowest BCUT2D eigenvalue weighted by Crippen LogP contribution is -2.30. The molecule has 110 valence electrons. The molecule has 6 heteroatoms. The van der Waals surface area contributed by atoms with Gasteiger partial charge in [0.1, 0.15) is 0 Å². The Hall–Kier alpha value is 0.0900. The molecule has 1 saturated heterocycles. The summed E-state index contributed by atoms with van der Waals surface area (Å²) >= 11 is 6.82. The van der Waals surface area contributed by atoms with Crippen molar-refractivity contribution in [1.82, 2.24) is 4.31 Å². The van der Waals surface area contributed by atoms with Crippen LogP contribution in [0, 0.1) is 18.8 Å². The number of hydrogen-bond donors (Lipinski definition) is 0. The summed E-state index contributed by atoms with van der Waals surface area (Å²) in [5, 5.41) is 0. The van der Waals surface area contributed by atoms with Gasteiger partial charge >= 0.3 is 0 Å². The molecule has 0 N–H and O–H groups in total. The minimum Gasteiger partial charge on any atom is -0.207 e. The van der Waals surface area contributed by atoms with E-state index < -0.39 is 10.0 Å². The maximum absolute atomic E-state index is 12.8. The molecule has 3 nitrogen and oxygen atoms in total. The predicted octanol–water partition coefficient (Wildman–Crippen LogP) is 3.94. The Morgan fingerprint density at radius 3 is 2.30 bits per heavy atom. The summed E-state index contributed by atoms with van der Waals surface area (Å²) in [4.78, 5) is 0.370. The van der Waals surface area contributed by atoms with Gasteiger partial charge in [0, 0.05) is 22.0 Å². The number of benzene rings is 1. The smallest absolute Gasteiger partial charge is 0.207 e. The lowest BCUT2D eigenvalue weighted by Gasteiger charge is -2.19. The highest BCUT2D eigenvalue weighted by Crippen LogP contribution is 2.41. The van der Waals surface area contributed by atoms with Crippen molar-refractivity contribution in [3.63, 3.8) is 0 Å². The monoisotopic (exact) mass is 421 g/mol. The number of nitrogens with zero attached hydrogens (tertiary/aromatic N) is 1. The number of aryl methyl sites for hydroxylation is 1. The van der Waals surface area contributed by atoms with E-state index in [2.05, 4.69) is 31.9 Å². The zero-order valence-electron chi connectivity index (χ0n) is 11.3. The predicted molar refractivity (Wildman–Crippen MR) is 86.2 cm³/mol. The summed E-state index contributed by atoms with van der Waals surface area (Å²) in [6.45, 7) is 3.32. The molecule has 2 fully saturated rings. The average Bonchev–Trinajstić information content (AvgIpc) is 2.94. The minimum absolute atomic E-state index is 0.370. The van der Waals surface area contributed by atoms with Crippen LogP contribution < -0.4 is 0 Å². The van der Waals surface area contributed by atoms with E-state index in [4.69, 9.17) is 0 Å². The molecule has 3 rings (SSSR count). The Morgan fingerprint density at radius 2 is 1.70 bits per heavy atom. The van der Waals surface area contributed by atoms with Gasteiger partial charge in [0.15, 0.2) is 0 Å². The first-order valence-electron chi connectivity index (χ1n) is 6.85. The van der Waals surface area contributed by atoms with Crippen molar-refractivity contribution in [3.05, 3.63) is 26.6 Å². The van der Waals surface area contributed by atoms with Crippen molar-refractivity contribution in [2.45, 2.75) is 31.1 Å². The van der Waals surface area contributed by atoms with Crippen LogP contribution in [0.4, 0.5) is 0 Å². The SMILES string of the molecule is Cc1cc(Br)c(S(=O)(=O)N2CC3CCCC3C2)cc1Br. The second-order valence-electron chi connectivity index (χ2n) is 5.80. The van der Waals surface area contributed by atoms with Gasteiger partial charge < -0.3 is 0 Å². The maximum atomic E-state index is 12.8. The van der Waals surface area contributed by atoms with Gasteiger partial charge in [0.2, 0.25) is 10.0 Å². The van der Waals surface area contributed by atoms with E-state index in [9.17, 15) is 8.42 Å². The van der Waals surface area contributed by atoms with Crippen LogP contribution in [0.2, 0.25) is 0 Å². The van der Waals surface area contributed by atoms with Crippen molar-refractivity contribution in [3.8, 4) is 0 Å². The molecule has 1 saturated carbocycles. The molecule has 20 heavy (non-hydrogen) atoms. The third-order valence-corrected chi connectivity index (χ3v) is 8.17. The van der Waals surface area contributed by atoms with Crippen molar-refractivity contribution in [2.75, 3.05) is 13.1 Å². The van der Waals surface area contributed by atoms with E-state index in [1.54, 1.807) is 10.4 Å². The molecular weight excluding hydrogens is 406 g/mol. The lowest BCUT2D eigenvalue weighted by molar-refractivity contribution is 0.445. The van der Waals surface area contributed by atoms with Gasteiger partial charge in [-0.2, -0.15) is 4.31 Å². The molecular formula is C14H17Br2NO2S. The summed E-state index contributed by atoms with van der Waals surface area (Å²) in [6, 6.07) is 3.57. The molecule has 1 aromatic rings. The first kappa shape index (κ1) is 15.0. The quantitative estimate of drug-likeness (QED) is 0.723. The van der Waals surface area contributed by atoms with Crippen LogP contribution in [-0.4, -0.2) is 25.8 Å². The third kappa shape index (κ3) is 2.49. The van der Waals surface area contributed by atoms with E-state index in [1.807, 2.05) is 13.0 Å². The van der Waals surface area contributed by atoms with Gasteiger partial charge in [-0.1, -0.05) is 22.4 Å². The van der Waals surface area contributed by atoms with Crippen LogP contribution in [0.3, 0.4) is 0 Å². The van der Waals surface area contributed by atoms with E-state index in [-0.39, 0.29) is 0 Å². The Morgan fingerprint density at radius 1 is 1.10 bits per heavy atom. The van der Waals surface area contributed by atoms with E-state index in [0.717, 1.165) is 10.0 Å². The van der Waals surface area contributed by atoms with Crippen LogP contribution >= 0.6 is 31.9 Å². The molecule has 0 amide bonds. The van der Waals surface area contributed by atoms with Gasteiger partial charge in [-0.15, -0.1) is 0 Å². The molecule has 2 unspecified atom stereocenters. The molecule has 0 aromatic heterocycles. The van der Waals surface area contributed by atoms with Crippen molar-refractivity contribution < 1.29 is 8.42 Å². The molecule has 0 bridgehead atoms. The fourth-order valence-corrected chi connectivity index (χ4v) is 6.55. The van der Waals surface area contributed by atoms with Gasteiger partial charge in [0.05, 0.1) is 4.90 Å². The van der Waals surface area contributed by atoms with Crippen molar-refractivity contribution >= 4 is 41.9 Å². The normalized spacial score (nSPS) is 26.9. The van der Waals surface area contributed by atoms with Gasteiger partial charge in [0.25, 0.3) is 0 Å². The first-order chi connectivity index (χ1) is 9.39. The molecule has 0 spiro atoms. The second kappa shape index (κ2) is 5.38. The second-order valence-corrected chi connectivity index (χ2v) is 9.42. The van der Waals surface area contributed by atoms with Crippen LogP contribution in [0.15, 0.2) is 26.0 Å². The molecule has 0 radical (unpaired) electrons. The molecule has 1 aliphatic heterocycles. The van der Waals surface area contributed by atoms with E-state index in [1.165, 1.54) is 19.3 Å². The number of fused-ring (bicyclic) bond motifs is 1. The van der Waals surface area contributed by atoms with Gasteiger partial charge in [-0.25, -0.2) is 8.42 Å². The fourth-order valence-electron chi connectivity index (χ4n) is 3.35. The molecule has 2 aliphatic rings. The Kier molecular flexibility index (Phi) is 4.03. The Bertz CT molecular complexity index is 633. The zero-order valence-corrected chi connectivity index (χ0v) is 15.3. The van der Waals surface area contributed by atoms with Crippen LogP contribution in [0.5, 0.6) is 0 Å². The average molecular weight is 423 g/mol. The Labute approximate surface area is 137 Å². The van der Waals surface area contributed by atoms with Gasteiger partial charge in [-0.3, -0.25) is 0 Å². The summed E-state index contributed by atoms with van der Waals surface area (Å²) in [6.07, 6.45) is 3.61. The lowest BCUT2D eigenvalue weighted by atomic mass is 10.0. The highest BCUT2D eigenvalue weighted by atomic mass is 79.9. The minimum atomic E-state index is -3.39. The first-order valence-corrected chi connectivity index (χ1v) is 9.88. The van der Waals surface area contributed by atoms with E-state index in [0.29, 0.717) is 34.3 Å². The van der Waals surface area contributed by atoms with Crippen molar-refractivity contribution in [2.24, 2.45) is 11.8 Å². The molecule has 2 atom stereocenters. The number of halogens is 2. The van der Waals surface area contributed by atoms with Crippen LogP contribution in [0.25, 0.3) is 0 Å². The summed E-state index contributed by atoms with van der Waals surface area (Å²) in [5.41, 5.74) is 1.02. The summed E-state index contributed by atoms with van der Waals surface area (Å²) < 4.78 is 28.8. The highest BCUT2D eigenvalue weighted by Gasteiger charge is 2.41. The number of rotatable bonds is 2. The molecule has 1 aliphatic carbocycles. The topological polar surface area (TPSA) is 37.4 Å². The van der Waals surface area contributed by atoms with Crippen LogP contribution in [-0.2, 0) is 10.0 Å². The summed E-state index contributed by atoms with van der Waals surface area (Å²) in [5.74, 6) is 1.13. The standard InChI is InChI=1S/C14H17Br2NO2S/c1-9-5-13(16)14(6-12(9)15)20(18,19)17-7-10-3-2-4-11(10)8-17/h5-6,10-11H,2-4,7-8H2,1H3. The van der Waals surface area contributed by atoms with Crippen molar-refractivity contribution in [1.29, 1.82) is 0 Å². The molecule has 1 heterocycles. The maximum Gasteiger partial charge on any atom is 0.244 e. The number of hydrogen-bond acceptors (Lipinski definition) is 2. The largest absolute Gasteiger partial charge is 0.244 e. The fraction of sp³-hybridized carbons (Fsp3) is 0.571. The van der Waals surface area contributed by atoms with Crippen LogP contribution in [0.1, 0.15) is 24.8 Å².